The van der Waals surface area contributed by atoms with E-state index < -0.39 is 18.9 Å². The highest BCUT2D eigenvalue weighted by atomic mass is 19.4. The second-order valence-electron chi connectivity index (χ2n) is 4.06. The molecule has 0 aromatic rings. The molecule has 1 saturated carbocycles. The quantitative estimate of drug-likeness (QED) is 0.714. The zero-order valence-corrected chi connectivity index (χ0v) is 9.68. The van der Waals surface area contributed by atoms with Crippen molar-refractivity contribution in [3.8, 4) is 0 Å². The van der Waals surface area contributed by atoms with Gasteiger partial charge in [0.1, 0.15) is 0 Å². The first-order chi connectivity index (χ1) is 8.37. The molecule has 0 radical (unpaired) electrons. The highest BCUT2D eigenvalue weighted by Gasteiger charge is 2.29. The molecule has 0 unspecified atom stereocenters. The van der Waals surface area contributed by atoms with E-state index in [0.717, 1.165) is 12.8 Å². The van der Waals surface area contributed by atoms with Crippen LogP contribution >= 0.6 is 0 Å². The molecule has 0 spiro atoms. The molecule has 0 saturated heterocycles. The third kappa shape index (κ3) is 7.75. The van der Waals surface area contributed by atoms with Crippen molar-refractivity contribution in [3.05, 3.63) is 0 Å². The van der Waals surface area contributed by atoms with Crippen LogP contribution < -0.4 is 10.6 Å². The van der Waals surface area contributed by atoms with Crippen molar-refractivity contribution in [2.75, 3.05) is 13.2 Å². The van der Waals surface area contributed by atoms with Crippen LogP contribution in [-0.4, -0.2) is 37.4 Å². The van der Waals surface area contributed by atoms with Gasteiger partial charge in [-0.2, -0.15) is 13.2 Å². The molecule has 0 aromatic heterocycles. The van der Waals surface area contributed by atoms with E-state index in [9.17, 15) is 22.8 Å². The Morgan fingerprint density at radius 1 is 1.28 bits per heavy atom. The lowest BCUT2D eigenvalue weighted by atomic mass is 10.3. The molecule has 1 fully saturated rings. The van der Waals surface area contributed by atoms with E-state index in [-0.39, 0.29) is 24.9 Å². The Morgan fingerprint density at radius 2 is 1.94 bits per heavy atom. The summed E-state index contributed by atoms with van der Waals surface area (Å²) in [4.78, 5) is 22.0. The molecule has 5 nitrogen and oxygen atoms in total. The number of rotatable bonds is 6. The van der Waals surface area contributed by atoms with Gasteiger partial charge in [-0.15, -0.1) is 0 Å². The van der Waals surface area contributed by atoms with Crippen LogP contribution in [0.25, 0.3) is 0 Å². The van der Waals surface area contributed by atoms with E-state index >= 15 is 0 Å². The number of alkyl carbamates (subject to hydrolysis) is 1. The Labute approximate surface area is 102 Å². The summed E-state index contributed by atoms with van der Waals surface area (Å²) in [6, 6.07) is 0.280. The Hall–Kier alpha value is -1.47. The van der Waals surface area contributed by atoms with Crippen LogP contribution in [0.2, 0.25) is 0 Å². The number of hydrogen-bond donors (Lipinski definition) is 2. The van der Waals surface area contributed by atoms with Gasteiger partial charge in [-0.25, -0.2) is 4.79 Å². The normalized spacial score (nSPS) is 15.1. The van der Waals surface area contributed by atoms with Crippen molar-refractivity contribution in [2.45, 2.75) is 37.9 Å². The van der Waals surface area contributed by atoms with Gasteiger partial charge < -0.3 is 15.4 Å². The molecule has 104 valence electrons. The van der Waals surface area contributed by atoms with Crippen LogP contribution in [0.5, 0.6) is 0 Å². The van der Waals surface area contributed by atoms with Crippen molar-refractivity contribution in [1.82, 2.24) is 10.6 Å². The third-order valence-corrected chi connectivity index (χ3v) is 2.16. The Bertz CT molecular complexity index is 303. The van der Waals surface area contributed by atoms with Gasteiger partial charge in [0.2, 0.25) is 5.91 Å². The lowest BCUT2D eigenvalue weighted by Gasteiger charge is -2.09. The van der Waals surface area contributed by atoms with Gasteiger partial charge >= 0.3 is 12.3 Å². The second kappa shape index (κ2) is 6.46. The van der Waals surface area contributed by atoms with Gasteiger partial charge in [-0.1, -0.05) is 0 Å². The summed E-state index contributed by atoms with van der Waals surface area (Å²) in [6.45, 7) is -1.50. The largest absolute Gasteiger partial charge is 0.440 e. The van der Waals surface area contributed by atoms with E-state index in [0.29, 0.717) is 6.42 Å². The summed E-state index contributed by atoms with van der Waals surface area (Å²) < 4.78 is 39.0. The monoisotopic (exact) mass is 268 g/mol. The van der Waals surface area contributed by atoms with Crippen LogP contribution in [0.3, 0.4) is 0 Å². The molecule has 2 N–H and O–H groups in total. The highest BCUT2D eigenvalue weighted by molar-refractivity contribution is 5.76. The van der Waals surface area contributed by atoms with Crippen LogP contribution in [0.4, 0.5) is 18.0 Å². The maximum atomic E-state index is 11.7. The highest BCUT2D eigenvalue weighted by Crippen LogP contribution is 2.18. The lowest BCUT2D eigenvalue weighted by Crippen LogP contribution is -2.31. The smallest absolute Gasteiger partial charge is 0.422 e. The first kappa shape index (κ1) is 14.6. The number of amides is 2. The molecular weight excluding hydrogens is 253 g/mol. The molecule has 1 rings (SSSR count). The van der Waals surface area contributed by atoms with E-state index in [4.69, 9.17) is 0 Å². The fourth-order valence-electron chi connectivity index (χ4n) is 1.17. The maximum absolute atomic E-state index is 11.7. The summed E-state index contributed by atoms with van der Waals surface area (Å²) in [7, 11) is 0. The minimum absolute atomic E-state index is 0.106. The molecule has 1 aliphatic carbocycles. The Balaban J connectivity index is 1.96. The van der Waals surface area contributed by atoms with E-state index in [1.165, 1.54) is 0 Å². The van der Waals surface area contributed by atoms with Gasteiger partial charge in [0.05, 0.1) is 0 Å². The molecule has 0 heterocycles. The van der Waals surface area contributed by atoms with Gasteiger partial charge in [0.15, 0.2) is 6.61 Å². The Kier molecular flexibility index (Phi) is 5.24. The summed E-state index contributed by atoms with van der Waals surface area (Å²) in [5.74, 6) is -0.108. The van der Waals surface area contributed by atoms with E-state index in [1.54, 1.807) is 0 Å². The molecule has 2 amide bonds. The molecular formula is C10H15F3N2O3. The summed E-state index contributed by atoms with van der Waals surface area (Å²) >= 11 is 0. The number of carbonyl (C=O) groups excluding carboxylic acids is 2. The molecule has 0 bridgehead atoms. The molecule has 0 aliphatic heterocycles. The van der Waals surface area contributed by atoms with E-state index in [2.05, 4.69) is 15.4 Å². The lowest BCUT2D eigenvalue weighted by molar-refractivity contribution is -0.160. The van der Waals surface area contributed by atoms with Crippen LogP contribution in [0.1, 0.15) is 25.7 Å². The number of alkyl halides is 3. The standard InChI is InChI=1S/C10H15F3N2O3/c11-10(12,13)6-18-9(17)14-5-1-2-8(16)15-7-3-4-7/h7H,1-6H2,(H,14,17)(H,15,16). The summed E-state index contributed by atoms with van der Waals surface area (Å²) in [6.07, 6.45) is -3.08. The topological polar surface area (TPSA) is 67.4 Å². The molecule has 0 atom stereocenters. The maximum Gasteiger partial charge on any atom is 0.422 e. The van der Waals surface area contributed by atoms with Crippen molar-refractivity contribution < 1.29 is 27.5 Å². The zero-order chi connectivity index (χ0) is 13.6. The first-order valence-electron chi connectivity index (χ1n) is 5.63. The van der Waals surface area contributed by atoms with Crippen molar-refractivity contribution >= 4 is 12.0 Å². The molecule has 1 aliphatic rings. The van der Waals surface area contributed by atoms with Crippen molar-refractivity contribution in [1.29, 1.82) is 0 Å². The average molecular weight is 268 g/mol. The minimum Gasteiger partial charge on any atom is -0.440 e. The van der Waals surface area contributed by atoms with E-state index in [1.807, 2.05) is 0 Å². The zero-order valence-electron chi connectivity index (χ0n) is 9.68. The second-order valence-corrected chi connectivity index (χ2v) is 4.06. The van der Waals surface area contributed by atoms with Gasteiger partial charge in [0, 0.05) is 19.0 Å². The predicted octanol–water partition coefficient (Wildman–Crippen LogP) is 1.33. The summed E-state index contributed by atoms with van der Waals surface area (Å²) in [5.41, 5.74) is 0. The Morgan fingerprint density at radius 3 is 2.50 bits per heavy atom. The molecule has 8 heteroatoms. The number of nitrogens with one attached hydrogen (secondary N) is 2. The van der Waals surface area contributed by atoms with Crippen LogP contribution in [-0.2, 0) is 9.53 Å². The average Bonchev–Trinajstić information content (AvgIpc) is 3.04. The third-order valence-electron chi connectivity index (χ3n) is 2.16. The number of hydrogen-bond acceptors (Lipinski definition) is 3. The van der Waals surface area contributed by atoms with Gasteiger partial charge in [-0.05, 0) is 19.3 Å². The van der Waals surface area contributed by atoms with Gasteiger partial charge in [-0.3, -0.25) is 4.79 Å². The first-order valence-corrected chi connectivity index (χ1v) is 5.63. The molecule has 0 aromatic carbocycles. The van der Waals surface area contributed by atoms with Crippen LogP contribution in [0, 0.1) is 0 Å². The van der Waals surface area contributed by atoms with Crippen LogP contribution in [0.15, 0.2) is 0 Å². The SMILES string of the molecule is O=C(CCCNC(=O)OCC(F)(F)F)NC1CC1. The number of halogens is 3. The van der Waals surface area contributed by atoms with Crippen molar-refractivity contribution in [3.63, 3.8) is 0 Å². The predicted molar refractivity (Wildman–Crippen MR) is 55.8 cm³/mol. The fraction of sp³-hybridized carbons (Fsp3) is 0.800. The number of carbonyl (C=O) groups is 2. The summed E-state index contributed by atoms with van der Waals surface area (Å²) in [5, 5.41) is 4.89. The fourth-order valence-corrected chi connectivity index (χ4v) is 1.17. The van der Waals surface area contributed by atoms with Crippen molar-refractivity contribution in [2.24, 2.45) is 0 Å². The minimum atomic E-state index is -4.53. The number of ether oxygens (including phenoxy) is 1. The molecule has 18 heavy (non-hydrogen) atoms. The van der Waals surface area contributed by atoms with Gasteiger partial charge in [0.25, 0.3) is 0 Å².